The van der Waals surface area contributed by atoms with E-state index in [9.17, 15) is 9.18 Å². The highest BCUT2D eigenvalue weighted by Gasteiger charge is 2.12. The Kier molecular flexibility index (Phi) is 5.03. The van der Waals surface area contributed by atoms with Crippen LogP contribution in [0.25, 0.3) is 10.2 Å². The number of hydrogen-bond donors (Lipinski definition) is 0. The van der Waals surface area contributed by atoms with Crippen LogP contribution in [-0.2, 0) is 11.3 Å². The predicted octanol–water partition coefficient (Wildman–Crippen LogP) is 3.10. The molecule has 0 spiro atoms. The average Bonchev–Trinajstić information content (AvgIpc) is 2.98. The van der Waals surface area contributed by atoms with Crippen LogP contribution in [0.5, 0.6) is 0 Å². The van der Waals surface area contributed by atoms with E-state index in [4.69, 9.17) is 10.00 Å². The van der Waals surface area contributed by atoms with Crippen molar-refractivity contribution in [3.63, 3.8) is 0 Å². The molecule has 1 heterocycles. The maximum atomic E-state index is 14.2. The van der Waals surface area contributed by atoms with E-state index in [0.717, 1.165) is 0 Å². The van der Waals surface area contributed by atoms with Crippen molar-refractivity contribution in [2.45, 2.75) is 6.54 Å². The number of ether oxygens (including phenoxy) is 1. The molecule has 3 aromatic rings. The summed E-state index contributed by atoms with van der Waals surface area (Å²) in [6.07, 6.45) is 0. The molecule has 3 rings (SSSR count). The van der Waals surface area contributed by atoms with Crippen LogP contribution in [0.2, 0.25) is 0 Å². The molecule has 1 aromatic heterocycles. The third-order valence-electron chi connectivity index (χ3n) is 3.63. The third kappa shape index (κ3) is 3.50. The van der Waals surface area contributed by atoms with Crippen LogP contribution in [0, 0.1) is 17.1 Å². The van der Waals surface area contributed by atoms with Gasteiger partial charge < -0.3 is 9.30 Å². The highest BCUT2D eigenvalue weighted by Crippen LogP contribution is 2.20. The fourth-order valence-electron chi connectivity index (χ4n) is 2.40. The van der Waals surface area contributed by atoms with Gasteiger partial charge in [-0.25, -0.2) is 4.39 Å². The number of methoxy groups -OCH3 is 1. The summed E-state index contributed by atoms with van der Waals surface area (Å²) in [7, 11) is 1.56. The van der Waals surface area contributed by atoms with Crippen molar-refractivity contribution in [3.8, 4) is 6.07 Å². The van der Waals surface area contributed by atoms with Gasteiger partial charge in [0.15, 0.2) is 4.80 Å². The topological polar surface area (TPSA) is 67.4 Å². The van der Waals surface area contributed by atoms with Crippen LogP contribution in [0.1, 0.15) is 15.9 Å². The first-order chi connectivity index (χ1) is 12.1. The summed E-state index contributed by atoms with van der Waals surface area (Å²) in [4.78, 5) is 17.0. The molecule has 0 radical (unpaired) electrons. The van der Waals surface area contributed by atoms with Gasteiger partial charge in [0.05, 0.1) is 28.5 Å². The lowest BCUT2D eigenvalue weighted by Crippen LogP contribution is -2.19. The Morgan fingerprint density at radius 1 is 1.32 bits per heavy atom. The molecule has 0 saturated heterocycles. The van der Waals surface area contributed by atoms with Gasteiger partial charge in [0, 0.05) is 19.2 Å². The van der Waals surface area contributed by atoms with Crippen molar-refractivity contribution >= 4 is 27.5 Å². The zero-order chi connectivity index (χ0) is 17.8. The second kappa shape index (κ2) is 7.38. The molecule has 0 bridgehead atoms. The second-order valence-electron chi connectivity index (χ2n) is 5.22. The van der Waals surface area contributed by atoms with E-state index in [2.05, 4.69) is 4.99 Å². The zero-order valence-corrected chi connectivity index (χ0v) is 14.2. The monoisotopic (exact) mass is 355 g/mol. The molecule has 2 aromatic carbocycles. The molecular weight excluding hydrogens is 341 g/mol. The zero-order valence-electron chi connectivity index (χ0n) is 13.4. The first-order valence-electron chi connectivity index (χ1n) is 7.50. The van der Waals surface area contributed by atoms with Crippen molar-refractivity contribution in [1.29, 1.82) is 5.26 Å². The van der Waals surface area contributed by atoms with Gasteiger partial charge in [0.2, 0.25) is 0 Å². The van der Waals surface area contributed by atoms with E-state index in [1.807, 2.05) is 6.07 Å². The van der Waals surface area contributed by atoms with Crippen molar-refractivity contribution in [2.75, 3.05) is 13.7 Å². The molecule has 0 atom stereocenters. The summed E-state index contributed by atoms with van der Waals surface area (Å²) < 4.78 is 21.7. The number of carbonyl (C=O) groups is 1. The molecule has 7 heteroatoms. The average molecular weight is 355 g/mol. The molecule has 5 nitrogen and oxygen atoms in total. The Labute approximate surface area is 147 Å². The van der Waals surface area contributed by atoms with Crippen LogP contribution >= 0.6 is 11.3 Å². The van der Waals surface area contributed by atoms with E-state index >= 15 is 0 Å². The van der Waals surface area contributed by atoms with Gasteiger partial charge in [0.1, 0.15) is 5.82 Å². The largest absolute Gasteiger partial charge is 0.383 e. The third-order valence-corrected chi connectivity index (χ3v) is 4.67. The number of carbonyl (C=O) groups excluding carboxylic acids is 1. The van der Waals surface area contributed by atoms with E-state index in [1.54, 1.807) is 48.1 Å². The number of nitrogens with zero attached hydrogens (tertiary/aromatic N) is 3. The van der Waals surface area contributed by atoms with Gasteiger partial charge in [-0.15, -0.1) is 0 Å². The molecule has 0 unspecified atom stereocenters. The van der Waals surface area contributed by atoms with E-state index in [-0.39, 0.29) is 5.82 Å². The summed E-state index contributed by atoms with van der Waals surface area (Å²) in [5.41, 5.74) is 1.25. The molecule has 126 valence electrons. The van der Waals surface area contributed by atoms with E-state index in [0.29, 0.717) is 39.3 Å². The Hall–Kier alpha value is -2.82. The normalized spacial score (nSPS) is 11.6. The van der Waals surface area contributed by atoms with Crippen molar-refractivity contribution in [2.24, 2.45) is 4.99 Å². The maximum Gasteiger partial charge on any atom is 0.279 e. The Bertz CT molecular complexity index is 1030. The highest BCUT2D eigenvalue weighted by atomic mass is 32.1. The van der Waals surface area contributed by atoms with Crippen LogP contribution in [-0.4, -0.2) is 24.2 Å². The smallest absolute Gasteiger partial charge is 0.279 e. The lowest BCUT2D eigenvalue weighted by atomic mass is 10.1. The number of thiazole rings is 1. The molecule has 25 heavy (non-hydrogen) atoms. The first-order valence-corrected chi connectivity index (χ1v) is 8.31. The van der Waals surface area contributed by atoms with Crippen LogP contribution in [0.4, 0.5) is 4.39 Å². The molecule has 0 aliphatic carbocycles. The molecule has 1 amide bonds. The number of hydrogen-bond acceptors (Lipinski definition) is 4. The van der Waals surface area contributed by atoms with Crippen molar-refractivity contribution in [1.82, 2.24) is 4.57 Å². The van der Waals surface area contributed by atoms with Gasteiger partial charge in [-0.05, 0) is 36.4 Å². The van der Waals surface area contributed by atoms with Crippen LogP contribution in [0.3, 0.4) is 0 Å². The number of amides is 1. The standard InChI is InChI=1S/C18H14FN3O2S/c1-24-10-9-22-16-14(19)3-2-4-15(16)25-18(22)21-17(23)13-7-5-12(11-20)6-8-13/h2-8H,9-10H2,1H3. The molecular formula is C18H14FN3O2S. The number of halogens is 1. The minimum absolute atomic E-state index is 0.364. The van der Waals surface area contributed by atoms with E-state index in [1.165, 1.54) is 17.4 Å². The summed E-state index contributed by atoms with van der Waals surface area (Å²) in [5, 5.41) is 8.82. The summed E-state index contributed by atoms with van der Waals surface area (Å²) in [6, 6.07) is 13.0. The molecule has 0 aliphatic rings. The van der Waals surface area contributed by atoms with Crippen LogP contribution < -0.4 is 4.80 Å². The number of fused-ring (bicyclic) bond motifs is 1. The summed E-state index contributed by atoms with van der Waals surface area (Å²) in [5.74, 6) is -0.806. The minimum Gasteiger partial charge on any atom is -0.383 e. The Balaban J connectivity index is 2.09. The number of rotatable bonds is 4. The van der Waals surface area contributed by atoms with Gasteiger partial charge in [-0.1, -0.05) is 17.4 Å². The maximum absolute atomic E-state index is 14.2. The predicted molar refractivity (Wildman–Crippen MR) is 92.7 cm³/mol. The molecule has 0 aliphatic heterocycles. The van der Waals surface area contributed by atoms with Crippen LogP contribution in [0.15, 0.2) is 47.5 Å². The molecule has 0 N–H and O–H groups in total. The van der Waals surface area contributed by atoms with Crippen molar-refractivity contribution in [3.05, 3.63) is 64.2 Å². The Morgan fingerprint density at radius 3 is 2.76 bits per heavy atom. The van der Waals surface area contributed by atoms with Crippen molar-refractivity contribution < 1.29 is 13.9 Å². The first kappa shape index (κ1) is 17.0. The van der Waals surface area contributed by atoms with E-state index < -0.39 is 5.91 Å². The van der Waals surface area contributed by atoms with Gasteiger partial charge >= 0.3 is 0 Å². The lowest BCUT2D eigenvalue weighted by Gasteiger charge is -2.04. The summed E-state index contributed by atoms with van der Waals surface area (Å²) in [6.45, 7) is 0.759. The fourth-order valence-corrected chi connectivity index (χ4v) is 3.47. The highest BCUT2D eigenvalue weighted by molar-refractivity contribution is 7.16. The fraction of sp³-hybridized carbons (Fsp3) is 0.167. The minimum atomic E-state index is -0.442. The molecule has 0 saturated carbocycles. The Morgan fingerprint density at radius 2 is 2.08 bits per heavy atom. The number of para-hydroxylation sites is 1. The number of nitriles is 1. The quantitative estimate of drug-likeness (QED) is 0.722. The SMILES string of the molecule is COCCn1c(=NC(=O)c2ccc(C#N)cc2)sc2cccc(F)c21. The van der Waals surface area contributed by atoms with Gasteiger partial charge in [0.25, 0.3) is 5.91 Å². The number of benzene rings is 2. The molecule has 0 fully saturated rings. The summed E-state index contributed by atoms with van der Waals surface area (Å²) >= 11 is 1.25. The van der Waals surface area contributed by atoms with Gasteiger partial charge in [-0.3, -0.25) is 4.79 Å². The number of aromatic nitrogens is 1. The second-order valence-corrected chi connectivity index (χ2v) is 6.23. The van der Waals surface area contributed by atoms with Gasteiger partial charge in [-0.2, -0.15) is 10.3 Å². The lowest BCUT2D eigenvalue weighted by molar-refractivity contribution is 0.0997.